The largest absolute Gasteiger partial charge is 0.573 e. The van der Waals surface area contributed by atoms with Gasteiger partial charge < -0.3 is 15.8 Å². The summed E-state index contributed by atoms with van der Waals surface area (Å²) in [5.41, 5.74) is 8.74. The van der Waals surface area contributed by atoms with Crippen LogP contribution in [0.3, 0.4) is 0 Å². The van der Waals surface area contributed by atoms with E-state index in [-0.39, 0.29) is 11.7 Å². The van der Waals surface area contributed by atoms with Gasteiger partial charge in [0.1, 0.15) is 16.4 Å². The lowest BCUT2D eigenvalue weighted by molar-refractivity contribution is -0.274. The molecule has 5 nitrogen and oxygen atoms in total. The van der Waals surface area contributed by atoms with Crippen molar-refractivity contribution in [3.63, 3.8) is 0 Å². The van der Waals surface area contributed by atoms with Gasteiger partial charge in [-0.15, -0.1) is 24.5 Å². The molecule has 4 aromatic rings. The average Bonchev–Trinajstić information content (AvgIpc) is 3.11. The number of hydrogen-bond acceptors (Lipinski definition) is 6. The Bertz CT molecular complexity index is 1210. The first-order chi connectivity index (χ1) is 15.3. The van der Waals surface area contributed by atoms with Crippen molar-refractivity contribution < 1.29 is 17.9 Å². The molecule has 3 N–H and O–H groups in total. The minimum Gasteiger partial charge on any atom is -0.406 e. The summed E-state index contributed by atoms with van der Waals surface area (Å²) in [7, 11) is 0. The van der Waals surface area contributed by atoms with Crippen LogP contribution in [0.15, 0.2) is 54.6 Å². The van der Waals surface area contributed by atoms with Crippen molar-refractivity contribution in [1.82, 2.24) is 9.97 Å². The molecule has 0 unspecified atom stereocenters. The van der Waals surface area contributed by atoms with Gasteiger partial charge >= 0.3 is 6.36 Å². The van der Waals surface area contributed by atoms with Crippen LogP contribution < -0.4 is 15.8 Å². The Labute approximate surface area is 187 Å². The number of nitrogen functional groups attached to an aromatic ring is 1. The Morgan fingerprint density at radius 2 is 1.66 bits per heavy atom. The fourth-order valence-corrected chi connectivity index (χ4v) is 4.29. The number of anilines is 2. The van der Waals surface area contributed by atoms with Crippen LogP contribution >= 0.6 is 11.3 Å². The number of fused-ring (bicyclic) bond motifs is 1. The molecule has 0 spiro atoms. The molecule has 0 radical (unpaired) electrons. The molecule has 4 rings (SSSR count). The van der Waals surface area contributed by atoms with E-state index < -0.39 is 6.36 Å². The Morgan fingerprint density at radius 3 is 2.31 bits per heavy atom. The lowest BCUT2D eigenvalue weighted by Gasteiger charge is -2.10. The number of nitrogens with zero attached hydrogens (tertiary/aromatic N) is 2. The molecule has 0 fully saturated rings. The Kier molecular flexibility index (Phi) is 6.18. The fraction of sp³-hybridized carbons (Fsp3) is 0.217. The number of halogens is 3. The number of nitrogens with one attached hydrogen (secondary N) is 1. The van der Waals surface area contributed by atoms with Gasteiger partial charge in [-0.2, -0.15) is 4.98 Å². The molecule has 0 aliphatic heterocycles. The van der Waals surface area contributed by atoms with Crippen molar-refractivity contribution in [3.05, 3.63) is 65.0 Å². The second-order valence-electron chi connectivity index (χ2n) is 7.31. The molecule has 0 atom stereocenters. The molecule has 32 heavy (non-hydrogen) atoms. The highest BCUT2D eigenvalue weighted by Gasteiger charge is 2.30. The molecule has 0 aliphatic carbocycles. The van der Waals surface area contributed by atoms with Gasteiger partial charge in [-0.3, -0.25) is 0 Å². The smallest absolute Gasteiger partial charge is 0.406 e. The Balaban J connectivity index is 1.32. The van der Waals surface area contributed by atoms with Gasteiger partial charge in [-0.1, -0.05) is 36.4 Å². The monoisotopic (exact) mass is 458 g/mol. The van der Waals surface area contributed by atoms with Crippen LogP contribution in [-0.4, -0.2) is 22.9 Å². The molecule has 2 aromatic carbocycles. The number of ether oxygens (including phenoxy) is 1. The highest BCUT2D eigenvalue weighted by Crippen LogP contribution is 2.29. The lowest BCUT2D eigenvalue weighted by atomic mass is 10.0. The third kappa shape index (κ3) is 5.47. The molecule has 0 saturated heterocycles. The number of aryl methyl sites for hydroxylation is 2. The van der Waals surface area contributed by atoms with Crippen LogP contribution in [0, 0.1) is 6.92 Å². The normalized spacial score (nSPS) is 11.6. The molecule has 0 saturated carbocycles. The SMILES string of the molecule is Cc1cc2c(NCCCc3ccc(-c4ccc(OC(F)(F)F)cc4)cc3)nc(N)nc2s1. The second-order valence-corrected chi connectivity index (χ2v) is 8.54. The molecule has 2 heterocycles. The van der Waals surface area contributed by atoms with Crippen LogP contribution in [0.5, 0.6) is 5.75 Å². The van der Waals surface area contributed by atoms with Crippen LogP contribution in [0.25, 0.3) is 21.3 Å². The summed E-state index contributed by atoms with van der Waals surface area (Å²) in [5, 5.41) is 4.34. The van der Waals surface area contributed by atoms with E-state index in [1.54, 1.807) is 23.5 Å². The van der Waals surface area contributed by atoms with Crippen molar-refractivity contribution in [3.8, 4) is 16.9 Å². The predicted molar refractivity (Wildman–Crippen MR) is 122 cm³/mol. The highest BCUT2D eigenvalue weighted by atomic mass is 32.1. The molecular formula is C23H21F3N4OS. The van der Waals surface area contributed by atoms with Gasteiger partial charge in [0.2, 0.25) is 5.95 Å². The Morgan fingerprint density at radius 1 is 1.00 bits per heavy atom. The number of nitrogens with two attached hydrogens (primary N) is 1. The van der Waals surface area contributed by atoms with Gasteiger partial charge in [-0.25, -0.2) is 4.98 Å². The molecule has 0 amide bonds. The van der Waals surface area contributed by atoms with Crippen molar-refractivity contribution in [2.24, 2.45) is 0 Å². The van der Waals surface area contributed by atoms with Gasteiger partial charge in [-0.05, 0) is 54.7 Å². The predicted octanol–water partition coefficient (Wildman–Crippen LogP) is 6.19. The van der Waals surface area contributed by atoms with Gasteiger partial charge in [0, 0.05) is 11.4 Å². The minimum absolute atomic E-state index is 0.231. The third-order valence-corrected chi connectivity index (χ3v) is 5.79. The summed E-state index contributed by atoms with van der Waals surface area (Å²) >= 11 is 1.59. The average molecular weight is 459 g/mol. The zero-order valence-corrected chi connectivity index (χ0v) is 18.1. The lowest BCUT2D eigenvalue weighted by Crippen LogP contribution is -2.16. The molecule has 9 heteroatoms. The summed E-state index contributed by atoms with van der Waals surface area (Å²) in [6.07, 6.45) is -2.91. The number of aromatic nitrogens is 2. The topological polar surface area (TPSA) is 73.1 Å². The molecule has 0 aliphatic rings. The number of hydrogen-bond donors (Lipinski definition) is 2. The maximum absolute atomic E-state index is 12.3. The van der Waals surface area contributed by atoms with Crippen LogP contribution in [0.2, 0.25) is 0 Å². The van der Waals surface area contributed by atoms with E-state index in [2.05, 4.69) is 26.1 Å². The first kappa shape index (κ1) is 21.9. The summed E-state index contributed by atoms with van der Waals surface area (Å²) in [5.74, 6) is 0.784. The van der Waals surface area contributed by atoms with E-state index in [1.807, 2.05) is 31.2 Å². The van der Waals surface area contributed by atoms with Crippen molar-refractivity contribution in [2.75, 3.05) is 17.6 Å². The van der Waals surface area contributed by atoms with Gasteiger partial charge in [0.05, 0.1) is 5.39 Å². The van der Waals surface area contributed by atoms with Crippen molar-refractivity contribution in [1.29, 1.82) is 0 Å². The number of benzene rings is 2. The maximum atomic E-state index is 12.3. The number of alkyl halides is 3. The zero-order valence-electron chi connectivity index (χ0n) is 17.2. The van der Waals surface area contributed by atoms with Gasteiger partial charge in [0.25, 0.3) is 0 Å². The Hall–Kier alpha value is -3.33. The van der Waals surface area contributed by atoms with Crippen molar-refractivity contribution >= 4 is 33.3 Å². The molecular weight excluding hydrogens is 437 g/mol. The maximum Gasteiger partial charge on any atom is 0.573 e. The molecule has 2 aromatic heterocycles. The zero-order chi connectivity index (χ0) is 22.7. The van der Waals surface area contributed by atoms with E-state index >= 15 is 0 Å². The molecule has 0 bridgehead atoms. The van der Waals surface area contributed by atoms with E-state index in [9.17, 15) is 13.2 Å². The quantitative estimate of drug-likeness (QED) is 0.323. The first-order valence-electron chi connectivity index (χ1n) is 9.99. The third-order valence-electron chi connectivity index (χ3n) is 4.84. The first-order valence-corrected chi connectivity index (χ1v) is 10.8. The summed E-state index contributed by atoms with van der Waals surface area (Å²) < 4.78 is 40.8. The molecule has 166 valence electrons. The van der Waals surface area contributed by atoms with Crippen LogP contribution in [0.4, 0.5) is 24.9 Å². The van der Waals surface area contributed by atoms with E-state index in [1.165, 1.54) is 17.7 Å². The standard InChI is InChI=1S/C23H21F3N4OS/c1-14-13-19-20(29-22(27)30-21(19)32-14)28-12-2-3-15-4-6-16(7-5-15)17-8-10-18(11-9-17)31-23(24,25)26/h4-11,13H,2-3,12H2,1H3,(H3,27,28,29,30). The highest BCUT2D eigenvalue weighted by molar-refractivity contribution is 7.18. The summed E-state index contributed by atoms with van der Waals surface area (Å²) in [6, 6.07) is 15.9. The van der Waals surface area contributed by atoms with E-state index in [0.29, 0.717) is 0 Å². The summed E-state index contributed by atoms with van der Waals surface area (Å²) in [4.78, 5) is 10.6. The second kappa shape index (κ2) is 9.04. The van der Waals surface area contributed by atoms with E-state index in [0.717, 1.165) is 51.4 Å². The van der Waals surface area contributed by atoms with Gasteiger partial charge in [0.15, 0.2) is 0 Å². The van der Waals surface area contributed by atoms with Crippen molar-refractivity contribution in [2.45, 2.75) is 26.1 Å². The van der Waals surface area contributed by atoms with Crippen LogP contribution in [0.1, 0.15) is 16.9 Å². The minimum atomic E-state index is -4.69. The van der Waals surface area contributed by atoms with E-state index in [4.69, 9.17) is 5.73 Å². The fourth-order valence-electron chi connectivity index (χ4n) is 3.41. The summed E-state index contributed by atoms with van der Waals surface area (Å²) in [6.45, 7) is 2.77. The number of thiophene rings is 1. The number of rotatable bonds is 7. The van der Waals surface area contributed by atoms with Crippen LogP contribution in [-0.2, 0) is 6.42 Å².